The standard InChI is InChI=1S/C12H24N2S2/c1-10(7-11-3-2-4-13-11)14-8-12-9-15-5-6-16-12/h10-14H,2-9H2,1H3. The molecule has 0 aromatic rings. The first kappa shape index (κ1) is 13.1. The second-order valence-electron chi connectivity index (χ2n) is 4.91. The highest BCUT2D eigenvalue weighted by atomic mass is 32.2. The number of rotatable bonds is 5. The number of nitrogens with one attached hydrogen (secondary N) is 2. The Kier molecular flexibility index (Phi) is 5.83. The first-order chi connectivity index (χ1) is 7.84. The Balaban J connectivity index is 1.57. The van der Waals surface area contributed by atoms with Crippen LogP contribution in [0.15, 0.2) is 0 Å². The average molecular weight is 260 g/mol. The molecule has 2 aliphatic rings. The summed E-state index contributed by atoms with van der Waals surface area (Å²) in [5.74, 6) is 4.03. The molecule has 0 saturated carbocycles. The van der Waals surface area contributed by atoms with Gasteiger partial charge in [-0.05, 0) is 32.7 Å². The molecule has 2 saturated heterocycles. The fourth-order valence-corrected chi connectivity index (χ4v) is 5.08. The summed E-state index contributed by atoms with van der Waals surface area (Å²) in [4.78, 5) is 0. The zero-order valence-electron chi connectivity index (χ0n) is 10.2. The minimum absolute atomic E-state index is 0.670. The molecule has 2 fully saturated rings. The lowest BCUT2D eigenvalue weighted by molar-refractivity contribution is 0.443. The summed E-state index contributed by atoms with van der Waals surface area (Å²) >= 11 is 4.26. The molecule has 94 valence electrons. The molecule has 16 heavy (non-hydrogen) atoms. The highest BCUT2D eigenvalue weighted by Crippen LogP contribution is 2.23. The molecule has 2 N–H and O–H groups in total. The van der Waals surface area contributed by atoms with Crippen LogP contribution in [0.1, 0.15) is 26.2 Å². The van der Waals surface area contributed by atoms with Crippen LogP contribution in [-0.4, -0.2) is 47.7 Å². The number of hydrogen-bond acceptors (Lipinski definition) is 4. The third kappa shape index (κ3) is 4.47. The Hall–Kier alpha value is 0.620. The Morgan fingerprint density at radius 3 is 3.06 bits per heavy atom. The number of hydrogen-bond donors (Lipinski definition) is 2. The van der Waals surface area contributed by atoms with E-state index in [2.05, 4.69) is 41.1 Å². The van der Waals surface area contributed by atoms with Crippen molar-refractivity contribution < 1.29 is 0 Å². The third-order valence-electron chi connectivity index (χ3n) is 3.38. The van der Waals surface area contributed by atoms with Crippen LogP contribution in [0.4, 0.5) is 0 Å². The highest BCUT2D eigenvalue weighted by Gasteiger charge is 2.18. The first-order valence-electron chi connectivity index (χ1n) is 6.50. The summed E-state index contributed by atoms with van der Waals surface area (Å²) < 4.78 is 0. The molecule has 0 aliphatic carbocycles. The molecule has 3 atom stereocenters. The molecule has 0 aromatic carbocycles. The molecular formula is C12H24N2S2. The SMILES string of the molecule is CC(CC1CCCN1)NCC1CSCCS1. The van der Waals surface area contributed by atoms with Crippen LogP contribution in [0.3, 0.4) is 0 Å². The zero-order valence-corrected chi connectivity index (χ0v) is 11.8. The van der Waals surface area contributed by atoms with E-state index in [-0.39, 0.29) is 0 Å². The fourth-order valence-electron chi connectivity index (χ4n) is 2.46. The predicted molar refractivity (Wildman–Crippen MR) is 76.7 cm³/mol. The maximum absolute atomic E-state index is 3.71. The minimum atomic E-state index is 0.670. The van der Waals surface area contributed by atoms with Gasteiger partial charge >= 0.3 is 0 Å². The molecule has 2 heterocycles. The van der Waals surface area contributed by atoms with Crippen molar-refractivity contribution in [1.82, 2.24) is 10.6 Å². The van der Waals surface area contributed by atoms with Crippen molar-refractivity contribution in [2.24, 2.45) is 0 Å². The van der Waals surface area contributed by atoms with Gasteiger partial charge in [-0.2, -0.15) is 23.5 Å². The van der Waals surface area contributed by atoms with E-state index < -0.39 is 0 Å². The Bertz CT molecular complexity index is 189. The van der Waals surface area contributed by atoms with E-state index in [1.807, 2.05) is 0 Å². The van der Waals surface area contributed by atoms with Crippen LogP contribution in [0.2, 0.25) is 0 Å². The summed E-state index contributed by atoms with van der Waals surface area (Å²) in [6.45, 7) is 4.76. The normalized spacial score (nSPS) is 32.8. The van der Waals surface area contributed by atoms with Gasteiger partial charge in [-0.1, -0.05) is 0 Å². The van der Waals surface area contributed by atoms with Crippen molar-refractivity contribution >= 4 is 23.5 Å². The minimum Gasteiger partial charge on any atom is -0.314 e. The Labute approximate surface area is 108 Å². The van der Waals surface area contributed by atoms with Gasteiger partial charge < -0.3 is 10.6 Å². The molecular weight excluding hydrogens is 236 g/mol. The van der Waals surface area contributed by atoms with E-state index in [0.717, 1.165) is 11.3 Å². The topological polar surface area (TPSA) is 24.1 Å². The van der Waals surface area contributed by atoms with Gasteiger partial charge in [-0.25, -0.2) is 0 Å². The smallest absolute Gasteiger partial charge is 0.0263 e. The van der Waals surface area contributed by atoms with Crippen molar-refractivity contribution in [3.8, 4) is 0 Å². The molecule has 0 radical (unpaired) electrons. The third-order valence-corrected chi connectivity index (χ3v) is 6.22. The summed E-state index contributed by atoms with van der Waals surface area (Å²) in [5.41, 5.74) is 0. The molecule has 4 heteroatoms. The van der Waals surface area contributed by atoms with Crippen molar-refractivity contribution in [3.05, 3.63) is 0 Å². The van der Waals surface area contributed by atoms with Crippen LogP contribution in [0, 0.1) is 0 Å². The van der Waals surface area contributed by atoms with Crippen LogP contribution in [-0.2, 0) is 0 Å². The summed E-state index contributed by atoms with van der Waals surface area (Å²) in [5, 5.41) is 8.13. The molecule has 0 bridgehead atoms. The Morgan fingerprint density at radius 1 is 1.44 bits per heavy atom. The lowest BCUT2D eigenvalue weighted by Crippen LogP contribution is -2.38. The monoisotopic (exact) mass is 260 g/mol. The molecule has 0 spiro atoms. The molecule has 3 unspecified atom stereocenters. The van der Waals surface area contributed by atoms with Gasteiger partial charge in [0, 0.05) is 41.1 Å². The van der Waals surface area contributed by atoms with Gasteiger partial charge in [-0.15, -0.1) is 0 Å². The quantitative estimate of drug-likeness (QED) is 0.789. The fraction of sp³-hybridized carbons (Fsp3) is 1.00. The van der Waals surface area contributed by atoms with Crippen molar-refractivity contribution in [2.45, 2.75) is 43.5 Å². The molecule has 0 amide bonds. The van der Waals surface area contributed by atoms with Gasteiger partial charge in [0.2, 0.25) is 0 Å². The van der Waals surface area contributed by atoms with Crippen LogP contribution in [0.5, 0.6) is 0 Å². The van der Waals surface area contributed by atoms with Gasteiger partial charge in [0.15, 0.2) is 0 Å². The van der Waals surface area contributed by atoms with E-state index in [1.165, 1.54) is 49.6 Å². The highest BCUT2D eigenvalue weighted by molar-refractivity contribution is 8.06. The van der Waals surface area contributed by atoms with Crippen LogP contribution in [0.25, 0.3) is 0 Å². The zero-order chi connectivity index (χ0) is 11.2. The van der Waals surface area contributed by atoms with E-state index >= 15 is 0 Å². The van der Waals surface area contributed by atoms with Crippen molar-refractivity contribution in [2.75, 3.05) is 30.3 Å². The van der Waals surface area contributed by atoms with Crippen LogP contribution >= 0.6 is 23.5 Å². The second-order valence-corrected chi connectivity index (χ2v) is 7.46. The van der Waals surface area contributed by atoms with Gasteiger partial charge in [0.1, 0.15) is 0 Å². The van der Waals surface area contributed by atoms with Crippen molar-refractivity contribution in [3.63, 3.8) is 0 Å². The summed E-state index contributed by atoms with van der Waals surface area (Å²) in [6, 6.07) is 1.44. The Morgan fingerprint density at radius 2 is 2.38 bits per heavy atom. The van der Waals surface area contributed by atoms with Crippen LogP contribution < -0.4 is 10.6 Å². The van der Waals surface area contributed by atoms with Crippen molar-refractivity contribution in [1.29, 1.82) is 0 Å². The number of thioether (sulfide) groups is 2. The maximum Gasteiger partial charge on any atom is 0.0263 e. The summed E-state index contributed by atoms with van der Waals surface area (Å²) in [6.07, 6.45) is 4.04. The predicted octanol–water partition coefficient (Wildman–Crippen LogP) is 1.96. The largest absolute Gasteiger partial charge is 0.314 e. The van der Waals surface area contributed by atoms with Gasteiger partial charge in [-0.3, -0.25) is 0 Å². The van der Waals surface area contributed by atoms with Gasteiger partial charge in [0.25, 0.3) is 0 Å². The van der Waals surface area contributed by atoms with E-state index in [9.17, 15) is 0 Å². The lowest BCUT2D eigenvalue weighted by Gasteiger charge is -2.24. The lowest BCUT2D eigenvalue weighted by atomic mass is 10.1. The average Bonchev–Trinajstić information content (AvgIpc) is 2.81. The summed E-state index contributed by atoms with van der Waals surface area (Å²) in [7, 11) is 0. The van der Waals surface area contributed by atoms with Gasteiger partial charge in [0.05, 0.1) is 0 Å². The molecule has 0 aromatic heterocycles. The molecule has 2 rings (SSSR count). The molecule has 2 aliphatic heterocycles. The first-order valence-corrected chi connectivity index (χ1v) is 8.71. The maximum atomic E-state index is 3.71. The van der Waals surface area contributed by atoms with E-state index in [4.69, 9.17) is 0 Å². The van der Waals surface area contributed by atoms with E-state index in [1.54, 1.807) is 0 Å². The van der Waals surface area contributed by atoms with E-state index in [0.29, 0.717) is 6.04 Å². The molecule has 2 nitrogen and oxygen atoms in total. The second kappa shape index (κ2) is 7.14.